The zero-order chi connectivity index (χ0) is 17.8. The van der Waals surface area contributed by atoms with Crippen LogP contribution in [0.25, 0.3) is 0 Å². The van der Waals surface area contributed by atoms with E-state index in [1.54, 1.807) is 14.1 Å². The van der Waals surface area contributed by atoms with Crippen molar-refractivity contribution >= 4 is 11.8 Å². The molecule has 2 amide bonds. The summed E-state index contributed by atoms with van der Waals surface area (Å²) in [5.74, 6) is -0.461. The molecule has 0 aliphatic carbocycles. The third-order valence-electron chi connectivity index (χ3n) is 4.35. The highest BCUT2D eigenvalue weighted by atomic mass is 16.2. The molecule has 1 unspecified atom stereocenters. The molecule has 132 valence electrons. The SMILES string of the molecule is CN(C)C(=O)C(Cc1ccccc1)NC(=O)c1n[nH]c2c1CNCC2. The van der Waals surface area contributed by atoms with Gasteiger partial charge in [-0.3, -0.25) is 14.7 Å². The van der Waals surface area contributed by atoms with E-state index in [0.717, 1.165) is 29.8 Å². The maximum atomic E-state index is 12.7. The number of hydrogen-bond donors (Lipinski definition) is 3. The van der Waals surface area contributed by atoms with Crippen LogP contribution in [-0.4, -0.2) is 53.6 Å². The molecule has 1 aliphatic rings. The molecule has 3 N–H and O–H groups in total. The third-order valence-corrected chi connectivity index (χ3v) is 4.35. The fourth-order valence-electron chi connectivity index (χ4n) is 3.00. The first-order valence-electron chi connectivity index (χ1n) is 8.39. The van der Waals surface area contributed by atoms with Crippen molar-refractivity contribution in [3.8, 4) is 0 Å². The van der Waals surface area contributed by atoms with Crippen molar-refractivity contribution in [2.24, 2.45) is 0 Å². The van der Waals surface area contributed by atoms with E-state index >= 15 is 0 Å². The summed E-state index contributed by atoms with van der Waals surface area (Å²) in [6, 6.07) is 9.03. The number of fused-ring (bicyclic) bond motifs is 1. The first-order chi connectivity index (χ1) is 12.1. The van der Waals surface area contributed by atoms with Gasteiger partial charge in [-0.1, -0.05) is 30.3 Å². The summed E-state index contributed by atoms with van der Waals surface area (Å²) in [5, 5.41) is 13.2. The van der Waals surface area contributed by atoms with Gasteiger partial charge in [0, 0.05) is 51.3 Å². The zero-order valence-electron chi connectivity index (χ0n) is 14.5. The number of amides is 2. The van der Waals surface area contributed by atoms with Gasteiger partial charge in [0.05, 0.1) is 0 Å². The van der Waals surface area contributed by atoms with Crippen molar-refractivity contribution < 1.29 is 9.59 Å². The van der Waals surface area contributed by atoms with Crippen LogP contribution in [0.1, 0.15) is 27.3 Å². The van der Waals surface area contributed by atoms with Gasteiger partial charge < -0.3 is 15.5 Å². The molecule has 3 rings (SSSR count). The van der Waals surface area contributed by atoms with E-state index in [1.807, 2.05) is 30.3 Å². The van der Waals surface area contributed by atoms with Crippen LogP contribution in [0.5, 0.6) is 0 Å². The molecular formula is C18H23N5O2. The van der Waals surface area contributed by atoms with E-state index < -0.39 is 6.04 Å². The van der Waals surface area contributed by atoms with Crippen LogP contribution in [0.15, 0.2) is 30.3 Å². The van der Waals surface area contributed by atoms with Crippen molar-refractivity contribution in [2.75, 3.05) is 20.6 Å². The molecule has 25 heavy (non-hydrogen) atoms. The summed E-state index contributed by atoms with van der Waals surface area (Å²) in [6.07, 6.45) is 1.26. The Balaban J connectivity index is 1.78. The summed E-state index contributed by atoms with van der Waals surface area (Å²) in [6.45, 7) is 1.48. The molecule has 1 aromatic heterocycles. The molecule has 0 bridgehead atoms. The molecule has 7 nitrogen and oxygen atoms in total. The van der Waals surface area contributed by atoms with E-state index in [1.165, 1.54) is 4.90 Å². The number of H-pyrrole nitrogens is 1. The average Bonchev–Trinajstić information content (AvgIpc) is 3.05. The number of aromatic amines is 1. The molecule has 0 saturated heterocycles. The van der Waals surface area contributed by atoms with Gasteiger partial charge in [0.15, 0.2) is 5.69 Å². The van der Waals surface area contributed by atoms with Gasteiger partial charge in [0.25, 0.3) is 5.91 Å². The van der Waals surface area contributed by atoms with Crippen molar-refractivity contribution in [2.45, 2.75) is 25.4 Å². The predicted octanol–water partition coefficient (Wildman–Crippen LogP) is 0.485. The lowest BCUT2D eigenvalue weighted by Crippen LogP contribution is -2.47. The van der Waals surface area contributed by atoms with E-state index in [4.69, 9.17) is 0 Å². The Morgan fingerprint density at radius 3 is 2.76 bits per heavy atom. The highest BCUT2D eigenvalue weighted by molar-refractivity contribution is 5.97. The smallest absolute Gasteiger partial charge is 0.272 e. The topological polar surface area (TPSA) is 90.1 Å². The van der Waals surface area contributed by atoms with Crippen LogP contribution in [0.4, 0.5) is 0 Å². The summed E-state index contributed by atoms with van der Waals surface area (Å²) >= 11 is 0. The quantitative estimate of drug-likeness (QED) is 0.738. The highest BCUT2D eigenvalue weighted by Gasteiger charge is 2.27. The molecule has 0 fully saturated rings. The summed E-state index contributed by atoms with van der Waals surface area (Å²) in [5.41, 5.74) is 3.24. The van der Waals surface area contributed by atoms with Gasteiger partial charge in [-0.2, -0.15) is 5.10 Å². The summed E-state index contributed by atoms with van der Waals surface area (Å²) in [7, 11) is 3.37. The summed E-state index contributed by atoms with van der Waals surface area (Å²) in [4.78, 5) is 26.7. The zero-order valence-corrected chi connectivity index (χ0v) is 14.5. The van der Waals surface area contributed by atoms with Crippen molar-refractivity contribution in [3.63, 3.8) is 0 Å². The van der Waals surface area contributed by atoms with Gasteiger partial charge in [0.1, 0.15) is 6.04 Å². The molecule has 0 spiro atoms. The van der Waals surface area contributed by atoms with E-state index in [2.05, 4.69) is 20.8 Å². The van der Waals surface area contributed by atoms with E-state index in [-0.39, 0.29) is 11.8 Å². The van der Waals surface area contributed by atoms with Gasteiger partial charge in [-0.25, -0.2) is 0 Å². The molecule has 2 heterocycles. The number of benzene rings is 1. The Morgan fingerprint density at radius 1 is 1.28 bits per heavy atom. The van der Waals surface area contributed by atoms with Gasteiger partial charge >= 0.3 is 0 Å². The molecule has 2 aromatic rings. The van der Waals surface area contributed by atoms with Crippen molar-refractivity contribution in [3.05, 3.63) is 52.8 Å². The highest BCUT2D eigenvalue weighted by Crippen LogP contribution is 2.15. The maximum absolute atomic E-state index is 12.7. The number of aromatic nitrogens is 2. The summed E-state index contributed by atoms with van der Waals surface area (Å²) < 4.78 is 0. The fourth-order valence-corrected chi connectivity index (χ4v) is 3.00. The van der Waals surface area contributed by atoms with Crippen LogP contribution in [0.3, 0.4) is 0 Å². The second-order valence-electron chi connectivity index (χ2n) is 6.40. The number of carbonyl (C=O) groups excluding carboxylic acids is 2. The Labute approximate surface area is 146 Å². The first kappa shape index (κ1) is 17.2. The predicted molar refractivity (Wildman–Crippen MR) is 94.1 cm³/mol. The Bertz CT molecular complexity index is 754. The molecule has 0 radical (unpaired) electrons. The lowest BCUT2D eigenvalue weighted by Gasteiger charge is -2.22. The molecule has 7 heteroatoms. The molecule has 1 aromatic carbocycles. The van der Waals surface area contributed by atoms with Crippen molar-refractivity contribution in [1.29, 1.82) is 0 Å². The largest absolute Gasteiger partial charge is 0.347 e. The second-order valence-corrected chi connectivity index (χ2v) is 6.40. The standard InChI is InChI=1S/C18H23N5O2/c1-23(2)18(25)15(10-12-6-4-3-5-7-12)20-17(24)16-13-11-19-9-8-14(13)21-22-16/h3-7,15,19H,8-11H2,1-2H3,(H,20,24)(H,21,22). The third kappa shape index (κ3) is 3.88. The normalized spacial score (nSPS) is 14.5. The fraction of sp³-hybridized carbons (Fsp3) is 0.389. The lowest BCUT2D eigenvalue weighted by atomic mass is 10.0. The maximum Gasteiger partial charge on any atom is 0.272 e. The minimum atomic E-state index is -0.631. The van der Waals surface area contributed by atoms with Crippen LogP contribution in [0, 0.1) is 0 Å². The number of nitrogens with one attached hydrogen (secondary N) is 3. The molecule has 0 saturated carbocycles. The number of carbonyl (C=O) groups is 2. The minimum absolute atomic E-state index is 0.139. The Morgan fingerprint density at radius 2 is 2.04 bits per heavy atom. The minimum Gasteiger partial charge on any atom is -0.347 e. The van der Waals surface area contributed by atoms with Crippen LogP contribution < -0.4 is 10.6 Å². The van der Waals surface area contributed by atoms with Crippen molar-refractivity contribution in [1.82, 2.24) is 25.7 Å². The Kier molecular flexibility index (Phi) is 5.14. The van der Waals surface area contributed by atoms with Gasteiger partial charge in [-0.05, 0) is 5.56 Å². The molecule has 1 aliphatic heterocycles. The monoisotopic (exact) mass is 341 g/mol. The van der Waals surface area contributed by atoms with E-state index in [9.17, 15) is 9.59 Å². The van der Waals surface area contributed by atoms with E-state index in [0.29, 0.717) is 18.7 Å². The van der Waals surface area contributed by atoms with Crippen LogP contribution in [-0.2, 0) is 24.2 Å². The Hall–Kier alpha value is -2.67. The number of likely N-dealkylation sites (N-methyl/N-ethyl adjacent to an activating group) is 1. The number of hydrogen-bond acceptors (Lipinski definition) is 4. The van der Waals surface area contributed by atoms with Crippen LogP contribution >= 0.6 is 0 Å². The molecule has 1 atom stereocenters. The average molecular weight is 341 g/mol. The molecular weight excluding hydrogens is 318 g/mol. The van der Waals surface area contributed by atoms with Crippen LogP contribution in [0.2, 0.25) is 0 Å². The second kappa shape index (κ2) is 7.48. The first-order valence-corrected chi connectivity index (χ1v) is 8.39. The number of rotatable bonds is 5. The lowest BCUT2D eigenvalue weighted by molar-refractivity contribution is -0.130. The number of nitrogens with zero attached hydrogens (tertiary/aromatic N) is 2. The van der Waals surface area contributed by atoms with Gasteiger partial charge in [-0.15, -0.1) is 0 Å². The van der Waals surface area contributed by atoms with Gasteiger partial charge in [0.2, 0.25) is 5.91 Å².